The summed E-state index contributed by atoms with van der Waals surface area (Å²) in [7, 11) is 0. The number of rotatable bonds is 5. The molecule has 2 N–H and O–H groups in total. The van der Waals surface area contributed by atoms with Crippen molar-refractivity contribution >= 4 is 27.4 Å². The van der Waals surface area contributed by atoms with Crippen LogP contribution in [0.15, 0.2) is 24.1 Å². The lowest BCUT2D eigenvalue weighted by molar-refractivity contribution is 0.804. The number of nitrogens with zero attached hydrogens (tertiary/aromatic N) is 4. The molecule has 92 valence electrons. The minimum absolute atomic E-state index is 0.852. The predicted molar refractivity (Wildman–Crippen MR) is 70.6 cm³/mol. The summed E-state index contributed by atoms with van der Waals surface area (Å²) in [6.07, 6.45) is 4.98. The van der Waals surface area contributed by atoms with Crippen LogP contribution in [0.1, 0.15) is 12.2 Å². The van der Waals surface area contributed by atoms with Gasteiger partial charge in [0, 0.05) is 13.0 Å². The fourth-order valence-electron chi connectivity index (χ4n) is 1.73. The minimum atomic E-state index is 0.852. The third-order valence-electron chi connectivity index (χ3n) is 2.59. The molecular weight excluding hydrogens is 248 g/mol. The first-order valence-corrected chi connectivity index (χ1v) is 6.58. The summed E-state index contributed by atoms with van der Waals surface area (Å²) < 4.78 is 1.11. The largest absolute Gasteiger partial charge is 0.369 e. The van der Waals surface area contributed by atoms with E-state index >= 15 is 0 Å². The molecule has 0 aromatic carbocycles. The molecule has 0 spiro atoms. The highest BCUT2D eigenvalue weighted by atomic mass is 32.1. The first kappa shape index (κ1) is 11.1. The number of hydrogen-bond donors (Lipinski definition) is 2. The first-order valence-electron chi connectivity index (χ1n) is 5.70. The van der Waals surface area contributed by atoms with E-state index in [2.05, 4.69) is 30.5 Å². The van der Waals surface area contributed by atoms with Crippen molar-refractivity contribution in [2.45, 2.75) is 12.8 Å². The van der Waals surface area contributed by atoms with Crippen LogP contribution in [0.25, 0.3) is 10.2 Å². The van der Waals surface area contributed by atoms with Gasteiger partial charge in [-0.05, 0) is 17.9 Å². The summed E-state index contributed by atoms with van der Waals surface area (Å²) in [5.41, 5.74) is 0.993. The van der Waals surface area contributed by atoms with E-state index in [4.69, 9.17) is 0 Å². The molecule has 6 nitrogen and oxygen atoms in total. The zero-order valence-corrected chi connectivity index (χ0v) is 10.4. The minimum Gasteiger partial charge on any atom is -0.369 e. The highest BCUT2D eigenvalue weighted by molar-refractivity contribution is 7.17. The monoisotopic (exact) mass is 260 g/mol. The molecule has 0 saturated heterocycles. The Bertz CT molecular complexity index is 617. The van der Waals surface area contributed by atoms with E-state index in [9.17, 15) is 0 Å². The number of hydrogen-bond acceptors (Lipinski definition) is 6. The van der Waals surface area contributed by atoms with Crippen LogP contribution in [0.5, 0.6) is 0 Å². The molecule has 7 heteroatoms. The smallest absolute Gasteiger partial charge is 0.147 e. The third kappa shape index (κ3) is 2.30. The van der Waals surface area contributed by atoms with Gasteiger partial charge in [-0.1, -0.05) is 0 Å². The van der Waals surface area contributed by atoms with Crippen molar-refractivity contribution in [3.8, 4) is 0 Å². The van der Waals surface area contributed by atoms with Gasteiger partial charge in [-0.2, -0.15) is 5.10 Å². The van der Waals surface area contributed by atoms with Gasteiger partial charge >= 0.3 is 0 Å². The van der Waals surface area contributed by atoms with Gasteiger partial charge in [-0.25, -0.2) is 15.0 Å². The Balaban J connectivity index is 1.58. The summed E-state index contributed by atoms with van der Waals surface area (Å²) in [5, 5.41) is 12.0. The molecule has 0 radical (unpaired) electrons. The van der Waals surface area contributed by atoms with Crippen molar-refractivity contribution in [2.75, 3.05) is 11.9 Å². The maximum absolute atomic E-state index is 4.27. The second kappa shape index (κ2) is 5.09. The van der Waals surface area contributed by atoms with Crippen LogP contribution < -0.4 is 5.32 Å². The molecule has 3 heterocycles. The van der Waals surface area contributed by atoms with E-state index < -0.39 is 0 Å². The molecule has 0 amide bonds. The molecule has 0 bridgehead atoms. The Labute approximate surface area is 108 Å². The quantitative estimate of drug-likeness (QED) is 0.684. The van der Waals surface area contributed by atoms with Crippen molar-refractivity contribution in [1.82, 2.24) is 25.1 Å². The number of aromatic amines is 1. The van der Waals surface area contributed by atoms with Gasteiger partial charge in [0.05, 0.1) is 10.2 Å². The second-order valence-corrected chi connectivity index (χ2v) is 4.74. The standard InChI is InChI=1S/C11H12N6S/c1(2-9-14-7-16-17-9)4-12-11-10-8(3-5-18-10)13-6-15-11/h3,5-7H,1-2,4H2,(H,12,13,15)(H,14,16,17). The molecule has 0 saturated carbocycles. The lowest BCUT2D eigenvalue weighted by atomic mass is 10.3. The molecule has 3 rings (SSSR count). The van der Waals surface area contributed by atoms with E-state index in [1.807, 2.05) is 11.4 Å². The molecule has 0 aliphatic heterocycles. The Morgan fingerprint density at radius 1 is 1.22 bits per heavy atom. The fraction of sp³-hybridized carbons (Fsp3) is 0.273. The number of nitrogens with one attached hydrogen (secondary N) is 2. The number of fused-ring (bicyclic) bond motifs is 1. The Kier molecular flexibility index (Phi) is 3.14. The summed E-state index contributed by atoms with van der Waals surface area (Å²) in [5.74, 6) is 1.83. The van der Waals surface area contributed by atoms with Gasteiger partial charge in [-0.3, -0.25) is 5.10 Å². The highest BCUT2D eigenvalue weighted by Crippen LogP contribution is 2.24. The summed E-state index contributed by atoms with van der Waals surface area (Å²) >= 11 is 1.65. The van der Waals surface area contributed by atoms with E-state index in [1.165, 1.54) is 6.33 Å². The molecular formula is C11H12N6S. The lowest BCUT2D eigenvalue weighted by Gasteiger charge is -2.04. The maximum Gasteiger partial charge on any atom is 0.147 e. The Morgan fingerprint density at radius 2 is 2.22 bits per heavy atom. The van der Waals surface area contributed by atoms with Crippen LogP contribution in [0, 0.1) is 0 Å². The summed E-state index contributed by atoms with van der Waals surface area (Å²) in [6, 6.07) is 2.00. The number of aromatic nitrogens is 5. The zero-order chi connectivity index (χ0) is 12.2. The van der Waals surface area contributed by atoms with Crippen molar-refractivity contribution in [3.63, 3.8) is 0 Å². The van der Waals surface area contributed by atoms with Gasteiger partial charge in [-0.15, -0.1) is 11.3 Å². The molecule has 3 aromatic heterocycles. The van der Waals surface area contributed by atoms with E-state index in [-0.39, 0.29) is 0 Å². The van der Waals surface area contributed by atoms with Crippen molar-refractivity contribution in [3.05, 3.63) is 29.9 Å². The molecule has 0 aliphatic carbocycles. The van der Waals surface area contributed by atoms with Crippen molar-refractivity contribution in [2.24, 2.45) is 0 Å². The average Bonchev–Trinajstić information content (AvgIpc) is 3.05. The first-order chi connectivity index (χ1) is 8.93. The van der Waals surface area contributed by atoms with Crippen LogP contribution in [-0.2, 0) is 6.42 Å². The average molecular weight is 260 g/mol. The van der Waals surface area contributed by atoms with E-state index in [0.29, 0.717) is 0 Å². The third-order valence-corrected chi connectivity index (χ3v) is 3.50. The normalized spacial score (nSPS) is 10.9. The SMILES string of the molecule is c1n[nH]c(CCCNc2ncnc3ccsc23)n1. The van der Waals surface area contributed by atoms with Gasteiger partial charge in [0.15, 0.2) is 0 Å². The van der Waals surface area contributed by atoms with E-state index in [1.54, 1.807) is 17.7 Å². The predicted octanol–water partition coefficient (Wildman–Crippen LogP) is 1.85. The van der Waals surface area contributed by atoms with Crippen LogP contribution >= 0.6 is 11.3 Å². The zero-order valence-electron chi connectivity index (χ0n) is 9.63. The molecule has 3 aromatic rings. The van der Waals surface area contributed by atoms with Crippen molar-refractivity contribution in [1.29, 1.82) is 0 Å². The molecule has 0 unspecified atom stereocenters. The number of thiophene rings is 1. The van der Waals surface area contributed by atoms with Gasteiger partial charge < -0.3 is 5.32 Å². The molecule has 18 heavy (non-hydrogen) atoms. The van der Waals surface area contributed by atoms with Gasteiger partial charge in [0.2, 0.25) is 0 Å². The number of aryl methyl sites for hydroxylation is 1. The topological polar surface area (TPSA) is 79.4 Å². The summed E-state index contributed by atoms with van der Waals surface area (Å²) in [4.78, 5) is 12.6. The maximum atomic E-state index is 4.27. The highest BCUT2D eigenvalue weighted by Gasteiger charge is 2.04. The lowest BCUT2D eigenvalue weighted by Crippen LogP contribution is -2.05. The van der Waals surface area contributed by atoms with Crippen LogP contribution in [-0.4, -0.2) is 31.7 Å². The Morgan fingerprint density at radius 3 is 3.11 bits per heavy atom. The molecule has 0 atom stereocenters. The summed E-state index contributed by atoms with van der Waals surface area (Å²) in [6.45, 7) is 0.852. The number of anilines is 1. The van der Waals surface area contributed by atoms with Crippen LogP contribution in [0.4, 0.5) is 5.82 Å². The molecule has 0 aliphatic rings. The van der Waals surface area contributed by atoms with Gasteiger partial charge in [0.25, 0.3) is 0 Å². The molecule has 0 fully saturated rings. The van der Waals surface area contributed by atoms with Crippen LogP contribution in [0.3, 0.4) is 0 Å². The van der Waals surface area contributed by atoms with Crippen molar-refractivity contribution < 1.29 is 0 Å². The second-order valence-electron chi connectivity index (χ2n) is 3.82. The number of H-pyrrole nitrogens is 1. The Hall–Kier alpha value is -2.02. The van der Waals surface area contributed by atoms with Gasteiger partial charge in [0.1, 0.15) is 24.3 Å². The van der Waals surface area contributed by atoms with Crippen LogP contribution in [0.2, 0.25) is 0 Å². The van der Waals surface area contributed by atoms with E-state index in [0.717, 1.165) is 41.2 Å². The fourth-order valence-corrected chi connectivity index (χ4v) is 2.54.